The van der Waals surface area contributed by atoms with Gasteiger partial charge < -0.3 is 14.8 Å². The van der Waals surface area contributed by atoms with E-state index < -0.39 is 0 Å². The minimum Gasteiger partial charge on any atom is -0.352 e. The summed E-state index contributed by atoms with van der Waals surface area (Å²) in [6.07, 6.45) is 9.09. The molecule has 1 atom stereocenters. The zero-order valence-electron chi connectivity index (χ0n) is 14.8. The molecule has 132 valence electrons. The fraction of sp³-hybridized carbons (Fsp3) is 0.500. The summed E-state index contributed by atoms with van der Waals surface area (Å²) >= 11 is 0. The maximum atomic E-state index is 12.2. The van der Waals surface area contributed by atoms with Crippen LogP contribution in [0.2, 0.25) is 0 Å². The van der Waals surface area contributed by atoms with Crippen LogP contribution in [0.1, 0.15) is 30.4 Å². The Hall–Kier alpha value is -2.14. The van der Waals surface area contributed by atoms with Crippen LogP contribution in [-0.4, -0.2) is 34.7 Å². The lowest BCUT2D eigenvalue weighted by molar-refractivity contribution is 0.344. The molecule has 4 rings (SSSR count). The van der Waals surface area contributed by atoms with Crippen molar-refractivity contribution in [3.63, 3.8) is 0 Å². The molecule has 25 heavy (non-hydrogen) atoms. The third-order valence-corrected chi connectivity index (χ3v) is 5.61. The van der Waals surface area contributed by atoms with Crippen molar-refractivity contribution in [1.82, 2.24) is 14.9 Å². The second kappa shape index (κ2) is 7.00. The highest BCUT2D eigenvalue weighted by Gasteiger charge is 2.25. The van der Waals surface area contributed by atoms with Crippen molar-refractivity contribution in [3.05, 3.63) is 58.1 Å². The molecule has 1 N–H and O–H groups in total. The summed E-state index contributed by atoms with van der Waals surface area (Å²) in [5, 5.41) is 3.87. The summed E-state index contributed by atoms with van der Waals surface area (Å²) in [4.78, 5) is 18.7. The lowest BCUT2D eigenvalue weighted by Gasteiger charge is -2.36. The van der Waals surface area contributed by atoms with Gasteiger partial charge in [0.25, 0.3) is 5.56 Å². The molecule has 1 aliphatic carbocycles. The molecule has 2 aromatic rings. The number of aryl methyl sites for hydroxylation is 2. The van der Waals surface area contributed by atoms with Gasteiger partial charge in [-0.25, -0.2) is 4.98 Å². The second-order valence-corrected chi connectivity index (χ2v) is 7.30. The van der Waals surface area contributed by atoms with Crippen LogP contribution < -0.4 is 15.8 Å². The van der Waals surface area contributed by atoms with Crippen molar-refractivity contribution in [3.8, 4) is 0 Å². The number of aromatic nitrogens is 2. The van der Waals surface area contributed by atoms with E-state index in [9.17, 15) is 4.79 Å². The van der Waals surface area contributed by atoms with Gasteiger partial charge in [-0.05, 0) is 43.2 Å². The first-order valence-corrected chi connectivity index (χ1v) is 9.30. The number of nitrogens with zero attached hydrogens (tertiary/aromatic N) is 3. The maximum Gasteiger partial charge on any atom is 0.293 e. The third-order valence-electron chi connectivity index (χ3n) is 5.61. The van der Waals surface area contributed by atoms with Crippen molar-refractivity contribution in [1.29, 1.82) is 0 Å². The standard InChI is InChI=1S/C20H26N4O/c1-23-13-10-21-19(20(23)25)24-11-8-17(9-12-24)22-18-7-6-15-4-2-3-5-16(15)14-18/h2-5,10,13,17-18,22H,6-9,11-12,14H2,1H3/t18-/m1/s1. The van der Waals surface area contributed by atoms with Crippen molar-refractivity contribution < 1.29 is 0 Å². The van der Waals surface area contributed by atoms with Crippen LogP contribution >= 0.6 is 0 Å². The zero-order chi connectivity index (χ0) is 17.2. The Morgan fingerprint density at radius 3 is 2.64 bits per heavy atom. The monoisotopic (exact) mass is 338 g/mol. The lowest BCUT2D eigenvalue weighted by atomic mass is 9.87. The van der Waals surface area contributed by atoms with Crippen LogP contribution in [0.3, 0.4) is 0 Å². The van der Waals surface area contributed by atoms with Crippen molar-refractivity contribution in [2.45, 2.75) is 44.2 Å². The number of anilines is 1. The first kappa shape index (κ1) is 16.3. The minimum absolute atomic E-state index is 0.00204. The molecular formula is C20H26N4O. The summed E-state index contributed by atoms with van der Waals surface area (Å²) < 4.78 is 1.60. The molecule has 0 unspecified atom stereocenters. The Morgan fingerprint density at radius 1 is 1.08 bits per heavy atom. The SMILES string of the molecule is Cn1ccnc(N2CCC(N[C@@H]3CCc4ccccc4C3)CC2)c1=O. The van der Waals surface area contributed by atoms with Gasteiger partial charge in [-0.15, -0.1) is 0 Å². The molecule has 0 amide bonds. The molecular weight excluding hydrogens is 312 g/mol. The molecule has 1 fully saturated rings. The van der Waals surface area contributed by atoms with E-state index in [-0.39, 0.29) is 5.56 Å². The fourth-order valence-electron chi connectivity index (χ4n) is 4.13. The largest absolute Gasteiger partial charge is 0.352 e. The molecule has 0 saturated carbocycles. The quantitative estimate of drug-likeness (QED) is 0.929. The molecule has 1 saturated heterocycles. The van der Waals surface area contributed by atoms with E-state index in [0.29, 0.717) is 17.9 Å². The molecule has 0 radical (unpaired) electrons. The topological polar surface area (TPSA) is 50.2 Å². The summed E-state index contributed by atoms with van der Waals surface area (Å²) in [5.74, 6) is 0.593. The predicted octanol–water partition coefficient (Wildman–Crippen LogP) is 1.90. The van der Waals surface area contributed by atoms with Gasteiger partial charge in [-0.1, -0.05) is 24.3 Å². The van der Waals surface area contributed by atoms with Crippen LogP contribution in [0.5, 0.6) is 0 Å². The Bertz CT molecular complexity index is 792. The first-order valence-electron chi connectivity index (χ1n) is 9.30. The van der Waals surface area contributed by atoms with Crippen LogP contribution in [0.15, 0.2) is 41.5 Å². The lowest BCUT2D eigenvalue weighted by Crippen LogP contribution is -2.49. The van der Waals surface area contributed by atoms with E-state index >= 15 is 0 Å². The van der Waals surface area contributed by atoms with E-state index in [0.717, 1.165) is 32.4 Å². The highest BCUT2D eigenvalue weighted by atomic mass is 16.1. The van der Waals surface area contributed by atoms with Crippen LogP contribution in [0.25, 0.3) is 0 Å². The Morgan fingerprint density at radius 2 is 1.84 bits per heavy atom. The summed E-state index contributed by atoms with van der Waals surface area (Å²) in [7, 11) is 1.78. The van der Waals surface area contributed by atoms with Gasteiger partial charge in [-0.3, -0.25) is 4.79 Å². The molecule has 5 heteroatoms. The summed E-state index contributed by atoms with van der Waals surface area (Å²) in [5.41, 5.74) is 3.01. The van der Waals surface area contributed by atoms with E-state index in [4.69, 9.17) is 0 Å². The Balaban J connectivity index is 1.34. The molecule has 1 aliphatic heterocycles. The number of rotatable bonds is 3. The first-order chi connectivity index (χ1) is 12.2. The third kappa shape index (κ3) is 3.47. The van der Waals surface area contributed by atoms with Gasteiger partial charge in [0.1, 0.15) is 0 Å². The number of fused-ring (bicyclic) bond motifs is 1. The Kier molecular flexibility index (Phi) is 4.57. The van der Waals surface area contributed by atoms with E-state index in [2.05, 4.69) is 39.5 Å². The number of nitrogens with one attached hydrogen (secondary N) is 1. The number of benzene rings is 1. The number of hydrogen-bond acceptors (Lipinski definition) is 4. The van der Waals surface area contributed by atoms with Crippen LogP contribution in [0.4, 0.5) is 5.82 Å². The van der Waals surface area contributed by atoms with Gasteiger partial charge in [-0.2, -0.15) is 0 Å². The Labute approximate surface area is 148 Å². The second-order valence-electron chi connectivity index (χ2n) is 7.30. The number of hydrogen-bond donors (Lipinski definition) is 1. The number of piperidine rings is 1. The van der Waals surface area contributed by atoms with Crippen molar-refractivity contribution in [2.24, 2.45) is 7.05 Å². The van der Waals surface area contributed by atoms with Gasteiger partial charge in [0.2, 0.25) is 0 Å². The predicted molar refractivity (Wildman–Crippen MR) is 100 cm³/mol. The molecule has 1 aromatic carbocycles. The molecule has 1 aromatic heterocycles. The summed E-state index contributed by atoms with van der Waals surface area (Å²) in [6, 6.07) is 9.94. The molecule has 0 spiro atoms. The highest BCUT2D eigenvalue weighted by Crippen LogP contribution is 2.23. The average Bonchev–Trinajstić information content (AvgIpc) is 2.65. The van der Waals surface area contributed by atoms with E-state index in [1.54, 1.807) is 24.0 Å². The average molecular weight is 338 g/mol. The molecule has 0 bridgehead atoms. The van der Waals surface area contributed by atoms with Crippen molar-refractivity contribution >= 4 is 5.82 Å². The van der Waals surface area contributed by atoms with Crippen LogP contribution in [0, 0.1) is 0 Å². The van der Waals surface area contributed by atoms with E-state index in [1.807, 2.05) is 0 Å². The molecule has 2 heterocycles. The highest BCUT2D eigenvalue weighted by molar-refractivity contribution is 5.36. The zero-order valence-corrected chi connectivity index (χ0v) is 14.8. The molecule has 2 aliphatic rings. The summed E-state index contributed by atoms with van der Waals surface area (Å²) in [6.45, 7) is 1.79. The fourth-order valence-corrected chi connectivity index (χ4v) is 4.13. The van der Waals surface area contributed by atoms with Gasteiger partial charge in [0.05, 0.1) is 0 Å². The molecule has 5 nitrogen and oxygen atoms in total. The maximum absolute atomic E-state index is 12.2. The van der Waals surface area contributed by atoms with Crippen LogP contribution in [-0.2, 0) is 19.9 Å². The van der Waals surface area contributed by atoms with Gasteiger partial charge in [0.15, 0.2) is 5.82 Å². The van der Waals surface area contributed by atoms with Gasteiger partial charge >= 0.3 is 0 Å². The normalized spacial score (nSPS) is 21.2. The van der Waals surface area contributed by atoms with E-state index in [1.165, 1.54) is 24.0 Å². The van der Waals surface area contributed by atoms with Gasteiger partial charge in [0, 0.05) is 44.6 Å². The smallest absolute Gasteiger partial charge is 0.293 e. The minimum atomic E-state index is -0.00204. The van der Waals surface area contributed by atoms with Crippen molar-refractivity contribution in [2.75, 3.05) is 18.0 Å².